The van der Waals surface area contributed by atoms with E-state index in [1.165, 1.54) is 5.56 Å². The average Bonchev–Trinajstić information content (AvgIpc) is 3.17. The highest BCUT2D eigenvalue weighted by molar-refractivity contribution is 5.98. The molecule has 1 aliphatic heterocycles. The molecule has 1 fully saturated rings. The molecule has 0 aromatic heterocycles. The van der Waals surface area contributed by atoms with Gasteiger partial charge in [0, 0.05) is 31.1 Å². The fourth-order valence-electron chi connectivity index (χ4n) is 3.60. The lowest BCUT2D eigenvalue weighted by Crippen LogP contribution is -2.22. The third-order valence-corrected chi connectivity index (χ3v) is 5.07. The SMILES string of the molecule is CCCCC(=O)Nc1ccc(N2CC[C@H](c3ccccc3)C2)c(C(=O)O)c1. The number of aromatic carboxylic acids is 1. The first-order valence-corrected chi connectivity index (χ1v) is 9.55. The zero-order chi connectivity index (χ0) is 19.2. The Morgan fingerprint density at radius 1 is 1.19 bits per heavy atom. The van der Waals surface area contributed by atoms with Crippen molar-refractivity contribution in [2.45, 2.75) is 38.5 Å². The summed E-state index contributed by atoms with van der Waals surface area (Å²) >= 11 is 0. The summed E-state index contributed by atoms with van der Waals surface area (Å²) in [7, 11) is 0. The van der Waals surface area contributed by atoms with E-state index in [0.717, 1.165) is 32.4 Å². The monoisotopic (exact) mass is 366 g/mol. The van der Waals surface area contributed by atoms with Crippen molar-refractivity contribution in [3.8, 4) is 0 Å². The van der Waals surface area contributed by atoms with Crippen molar-refractivity contribution in [3.05, 3.63) is 59.7 Å². The van der Waals surface area contributed by atoms with Gasteiger partial charge >= 0.3 is 5.97 Å². The van der Waals surface area contributed by atoms with Crippen LogP contribution in [0, 0.1) is 0 Å². The zero-order valence-corrected chi connectivity index (χ0v) is 15.6. The fraction of sp³-hybridized carbons (Fsp3) is 0.364. The van der Waals surface area contributed by atoms with Gasteiger partial charge in [0.1, 0.15) is 0 Å². The Morgan fingerprint density at radius 3 is 2.67 bits per heavy atom. The molecule has 0 aliphatic carbocycles. The summed E-state index contributed by atoms with van der Waals surface area (Å²) in [5, 5.41) is 12.5. The summed E-state index contributed by atoms with van der Waals surface area (Å²) in [5.41, 5.74) is 2.78. The normalized spacial score (nSPS) is 16.3. The Bertz CT molecular complexity index is 804. The molecule has 1 atom stereocenters. The molecule has 1 aliphatic rings. The first-order chi connectivity index (χ1) is 13.1. The van der Waals surface area contributed by atoms with Gasteiger partial charge in [-0.05, 0) is 36.6 Å². The molecule has 0 unspecified atom stereocenters. The van der Waals surface area contributed by atoms with Gasteiger partial charge in [0.25, 0.3) is 0 Å². The van der Waals surface area contributed by atoms with Crippen molar-refractivity contribution in [2.75, 3.05) is 23.3 Å². The van der Waals surface area contributed by atoms with E-state index in [0.29, 0.717) is 23.7 Å². The zero-order valence-electron chi connectivity index (χ0n) is 15.6. The van der Waals surface area contributed by atoms with Gasteiger partial charge < -0.3 is 15.3 Å². The maximum atomic E-state index is 11.9. The number of amides is 1. The highest BCUT2D eigenvalue weighted by atomic mass is 16.4. The predicted molar refractivity (Wildman–Crippen MR) is 108 cm³/mol. The predicted octanol–water partition coefficient (Wildman–Crippen LogP) is 4.51. The number of benzene rings is 2. The van der Waals surface area contributed by atoms with Crippen LogP contribution in [0.2, 0.25) is 0 Å². The Kier molecular flexibility index (Phi) is 6.12. The molecule has 1 saturated heterocycles. The summed E-state index contributed by atoms with van der Waals surface area (Å²) in [5.74, 6) is -0.648. The van der Waals surface area contributed by atoms with E-state index in [1.807, 2.05) is 31.2 Å². The first-order valence-electron chi connectivity index (χ1n) is 9.55. The molecule has 0 spiro atoms. The number of nitrogens with zero attached hydrogens (tertiary/aromatic N) is 1. The van der Waals surface area contributed by atoms with Crippen LogP contribution in [0.1, 0.15) is 54.4 Å². The summed E-state index contributed by atoms with van der Waals surface area (Å²) < 4.78 is 0. The number of hydrogen-bond donors (Lipinski definition) is 2. The van der Waals surface area contributed by atoms with Crippen molar-refractivity contribution in [1.82, 2.24) is 0 Å². The van der Waals surface area contributed by atoms with Crippen LogP contribution >= 0.6 is 0 Å². The molecule has 2 aromatic carbocycles. The van der Waals surface area contributed by atoms with Gasteiger partial charge in [0.05, 0.1) is 11.3 Å². The van der Waals surface area contributed by atoms with Crippen LogP contribution in [0.5, 0.6) is 0 Å². The average molecular weight is 366 g/mol. The molecule has 2 N–H and O–H groups in total. The number of anilines is 2. The molecule has 2 aromatic rings. The van der Waals surface area contributed by atoms with Gasteiger partial charge in [-0.25, -0.2) is 4.79 Å². The topological polar surface area (TPSA) is 69.6 Å². The molecule has 0 saturated carbocycles. The Labute approximate surface area is 160 Å². The number of carbonyl (C=O) groups is 2. The minimum Gasteiger partial charge on any atom is -0.478 e. The van der Waals surface area contributed by atoms with Gasteiger partial charge in [-0.3, -0.25) is 4.79 Å². The fourth-order valence-corrected chi connectivity index (χ4v) is 3.60. The smallest absolute Gasteiger partial charge is 0.337 e. The second-order valence-electron chi connectivity index (χ2n) is 7.03. The number of carboxylic acids is 1. The number of hydrogen-bond acceptors (Lipinski definition) is 3. The van der Waals surface area contributed by atoms with Crippen LogP contribution < -0.4 is 10.2 Å². The van der Waals surface area contributed by atoms with Crippen LogP contribution in [-0.2, 0) is 4.79 Å². The molecular weight excluding hydrogens is 340 g/mol. The van der Waals surface area contributed by atoms with Gasteiger partial charge in [-0.15, -0.1) is 0 Å². The van der Waals surface area contributed by atoms with Crippen LogP contribution in [0.25, 0.3) is 0 Å². The molecule has 27 heavy (non-hydrogen) atoms. The maximum absolute atomic E-state index is 11.9. The second kappa shape index (κ2) is 8.71. The van der Waals surface area contributed by atoms with Gasteiger partial charge in [0.15, 0.2) is 0 Å². The van der Waals surface area contributed by atoms with Crippen molar-refractivity contribution >= 4 is 23.3 Å². The molecule has 5 nitrogen and oxygen atoms in total. The molecule has 1 amide bonds. The summed E-state index contributed by atoms with van der Waals surface area (Å²) in [6.45, 7) is 3.65. The molecule has 3 rings (SSSR count). The van der Waals surface area contributed by atoms with Crippen LogP contribution in [0.15, 0.2) is 48.5 Å². The number of unbranched alkanes of at least 4 members (excludes halogenated alkanes) is 1. The van der Waals surface area contributed by atoms with E-state index in [2.05, 4.69) is 22.3 Å². The molecule has 142 valence electrons. The van der Waals surface area contributed by atoms with E-state index in [1.54, 1.807) is 12.1 Å². The Balaban J connectivity index is 1.75. The van der Waals surface area contributed by atoms with E-state index in [-0.39, 0.29) is 11.5 Å². The van der Waals surface area contributed by atoms with Gasteiger partial charge in [0.2, 0.25) is 5.91 Å². The Morgan fingerprint density at radius 2 is 1.96 bits per heavy atom. The van der Waals surface area contributed by atoms with E-state index in [9.17, 15) is 14.7 Å². The lowest BCUT2D eigenvalue weighted by atomic mass is 9.99. The Hall–Kier alpha value is -2.82. The summed E-state index contributed by atoms with van der Waals surface area (Å²) in [4.78, 5) is 25.9. The molecule has 0 radical (unpaired) electrons. The van der Waals surface area contributed by atoms with Crippen molar-refractivity contribution < 1.29 is 14.7 Å². The first kappa shape index (κ1) is 19.0. The van der Waals surface area contributed by atoms with Crippen molar-refractivity contribution in [2.24, 2.45) is 0 Å². The highest BCUT2D eigenvalue weighted by Gasteiger charge is 2.27. The van der Waals surface area contributed by atoms with Crippen molar-refractivity contribution in [1.29, 1.82) is 0 Å². The minimum absolute atomic E-state index is 0.0775. The number of carbonyl (C=O) groups excluding carboxylic acids is 1. The maximum Gasteiger partial charge on any atom is 0.337 e. The summed E-state index contributed by atoms with van der Waals surface area (Å²) in [6, 6.07) is 15.5. The minimum atomic E-state index is -0.974. The number of nitrogens with one attached hydrogen (secondary N) is 1. The van der Waals surface area contributed by atoms with Gasteiger partial charge in [-0.2, -0.15) is 0 Å². The summed E-state index contributed by atoms with van der Waals surface area (Å²) in [6.07, 6.45) is 3.22. The molecule has 5 heteroatoms. The second-order valence-corrected chi connectivity index (χ2v) is 7.03. The molecule has 0 bridgehead atoms. The standard InChI is InChI=1S/C22H26N2O3/c1-2-3-9-21(25)23-18-10-11-20(19(14-18)22(26)27)24-13-12-17(15-24)16-7-5-4-6-8-16/h4-8,10-11,14,17H,2-3,9,12-13,15H2,1H3,(H,23,25)(H,26,27)/t17-/m0/s1. The number of rotatable bonds is 7. The molecular formula is C22H26N2O3. The van der Waals surface area contributed by atoms with E-state index < -0.39 is 5.97 Å². The van der Waals surface area contributed by atoms with Crippen LogP contribution in [-0.4, -0.2) is 30.1 Å². The quantitative estimate of drug-likeness (QED) is 0.756. The lowest BCUT2D eigenvalue weighted by Gasteiger charge is -2.21. The largest absolute Gasteiger partial charge is 0.478 e. The van der Waals surface area contributed by atoms with Crippen molar-refractivity contribution in [3.63, 3.8) is 0 Å². The molecule has 1 heterocycles. The third-order valence-electron chi connectivity index (χ3n) is 5.07. The van der Waals surface area contributed by atoms with E-state index >= 15 is 0 Å². The van der Waals surface area contributed by atoms with Crippen LogP contribution in [0.3, 0.4) is 0 Å². The lowest BCUT2D eigenvalue weighted by molar-refractivity contribution is -0.116. The highest BCUT2D eigenvalue weighted by Crippen LogP contribution is 2.33. The van der Waals surface area contributed by atoms with Gasteiger partial charge in [-0.1, -0.05) is 43.7 Å². The number of carboxylic acid groups (broad SMARTS) is 1. The third kappa shape index (κ3) is 4.67. The van der Waals surface area contributed by atoms with E-state index in [4.69, 9.17) is 0 Å². The van der Waals surface area contributed by atoms with Crippen LogP contribution in [0.4, 0.5) is 11.4 Å².